The number of benzene rings is 3. The number of piperazine rings is 1. The van der Waals surface area contributed by atoms with Crippen molar-refractivity contribution in [2.24, 2.45) is 0 Å². The number of hydrogen-bond donors (Lipinski definition) is 2. The maximum Gasteiger partial charge on any atom is 0.258 e. The van der Waals surface area contributed by atoms with Crippen molar-refractivity contribution in [2.45, 2.75) is 39.3 Å². The number of nitrogens with zero attached hydrogens (tertiary/aromatic N) is 2. The maximum absolute atomic E-state index is 15.1. The minimum absolute atomic E-state index is 0.112. The summed E-state index contributed by atoms with van der Waals surface area (Å²) in [5, 5.41) is 3.47. The molecule has 0 aromatic heterocycles. The lowest BCUT2D eigenvalue weighted by Gasteiger charge is -2.38. The Balaban J connectivity index is 1.37. The van der Waals surface area contributed by atoms with Gasteiger partial charge in [0.1, 0.15) is 5.82 Å². The molecular formula is C29H33FN4O3S. The fourth-order valence-corrected chi connectivity index (χ4v) is 6.14. The highest BCUT2D eigenvalue weighted by molar-refractivity contribution is 7.92. The highest BCUT2D eigenvalue weighted by Gasteiger charge is 2.30. The van der Waals surface area contributed by atoms with Crippen molar-refractivity contribution in [3.8, 4) is 11.1 Å². The van der Waals surface area contributed by atoms with Gasteiger partial charge in [0.05, 0.1) is 11.9 Å². The van der Waals surface area contributed by atoms with Crippen LogP contribution in [0.15, 0.2) is 54.6 Å². The Hall–Kier alpha value is -3.43. The van der Waals surface area contributed by atoms with Crippen molar-refractivity contribution >= 4 is 33.0 Å². The molecule has 0 aliphatic carbocycles. The van der Waals surface area contributed by atoms with E-state index in [0.29, 0.717) is 43.0 Å². The molecule has 7 nitrogen and oxygen atoms in total. The number of fused-ring (bicyclic) bond motifs is 1. The van der Waals surface area contributed by atoms with Crippen LogP contribution in [0.4, 0.5) is 21.5 Å². The van der Waals surface area contributed by atoms with Gasteiger partial charge in [-0.2, -0.15) is 0 Å². The van der Waals surface area contributed by atoms with E-state index in [1.807, 2.05) is 43.3 Å². The highest BCUT2D eigenvalue weighted by Crippen LogP contribution is 2.36. The molecule has 0 unspecified atom stereocenters. The first-order valence-corrected chi connectivity index (χ1v) is 14.7. The summed E-state index contributed by atoms with van der Waals surface area (Å²) < 4.78 is 40.6. The first kappa shape index (κ1) is 26.2. The summed E-state index contributed by atoms with van der Waals surface area (Å²) in [6.07, 6.45) is 1.74. The zero-order valence-electron chi connectivity index (χ0n) is 22.1. The Morgan fingerprint density at radius 3 is 2.32 bits per heavy atom. The van der Waals surface area contributed by atoms with Gasteiger partial charge < -0.3 is 15.1 Å². The molecule has 3 aromatic carbocycles. The van der Waals surface area contributed by atoms with Crippen LogP contribution in [0, 0.1) is 12.7 Å². The van der Waals surface area contributed by atoms with E-state index in [1.54, 1.807) is 23.1 Å². The largest absolute Gasteiger partial charge is 0.366 e. The van der Waals surface area contributed by atoms with Crippen LogP contribution in [0.25, 0.3) is 11.1 Å². The average Bonchev–Trinajstić information content (AvgIpc) is 3.24. The molecule has 3 aromatic rings. The standard InChI is InChI=1S/C29H33FN4O3S/c1-18-13-24(32-38(4,36)37)9-10-25(18)21-5-7-22(8-6-21)29(35)34-12-11-23-14-26(30)28(15-27(23)34)33-16-19(2)31-20(3)17-33/h5-10,13-15,19-20,31-32H,11-12,16-17H2,1-4H3/t19-,20+. The van der Waals surface area contributed by atoms with Crippen molar-refractivity contribution < 1.29 is 17.6 Å². The molecule has 38 heavy (non-hydrogen) atoms. The number of hydrogen-bond acceptors (Lipinski definition) is 5. The molecular weight excluding hydrogens is 503 g/mol. The number of anilines is 3. The van der Waals surface area contributed by atoms with E-state index < -0.39 is 10.0 Å². The normalized spacial score (nSPS) is 19.4. The number of carbonyl (C=O) groups excluding carboxylic acids is 1. The minimum Gasteiger partial charge on any atom is -0.366 e. The smallest absolute Gasteiger partial charge is 0.258 e. The molecule has 2 aliphatic heterocycles. The first-order chi connectivity index (χ1) is 18.0. The molecule has 2 atom stereocenters. The van der Waals surface area contributed by atoms with E-state index in [2.05, 4.69) is 28.8 Å². The summed E-state index contributed by atoms with van der Waals surface area (Å²) in [7, 11) is -3.35. The molecule has 0 spiro atoms. The third-order valence-electron chi connectivity index (χ3n) is 7.16. The van der Waals surface area contributed by atoms with Crippen molar-refractivity contribution in [1.82, 2.24) is 5.32 Å². The Labute approximate surface area is 223 Å². The summed E-state index contributed by atoms with van der Waals surface area (Å²) >= 11 is 0. The van der Waals surface area contributed by atoms with Gasteiger partial charge in [-0.3, -0.25) is 9.52 Å². The van der Waals surface area contributed by atoms with Gasteiger partial charge in [-0.15, -0.1) is 0 Å². The summed E-state index contributed by atoms with van der Waals surface area (Å²) in [4.78, 5) is 17.3. The van der Waals surface area contributed by atoms with Gasteiger partial charge in [0.2, 0.25) is 10.0 Å². The molecule has 5 rings (SSSR count). The fraction of sp³-hybridized carbons (Fsp3) is 0.345. The molecule has 1 saturated heterocycles. The van der Waals surface area contributed by atoms with Crippen LogP contribution >= 0.6 is 0 Å². The lowest BCUT2D eigenvalue weighted by molar-refractivity contribution is 0.0989. The zero-order valence-corrected chi connectivity index (χ0v) is 22.9. The SMILES string of the molecule is Cc1cc(NS(C)(=O)=O)ccc1-c1ccc(C(=O)N2CCc3cc(F)c(N4C[C@@H](C)N[C@@H](C)C4)cc32)cc1. The van der Waals surface area contributed by atoms with Crippen LogP contribution in [-0.4, -0.2) is 52.3 Å². The second kappa shape index (κ2) is 10.0. The zero-order chi connectivity index (χ0) is 27.2. The molecule has 2 aliphatic rings. The average molecular weight is 537 g/mol. The number of carbonyl (C=O) groups is 1. The third-order valence-corrected chi connectivity index (χ3v) is 7.77. The van der Waals surface area contributed by atoms with Crippen LogP contribution in [0.1, 0.15) is 35.3 Å². The Morgan fingerprint density at radius 2 is 1.68 bits per heavy atom. The van der Waals surface area contributed by atoms with Crippen molar-refractivity contribution in [3.05, 3.63) is 77.1 Å². The van der Waals surface area contributed by atoms with Crippen molar-refractivity contribution in [2.75, 3.05) is 40.4 Å². The van der Waals surface area contributed by atoms with E-state index in [0.717, 1.165) is 34.2 Å². The van der Waals surface area contributed by atoms with Crippen LogP contribution in [-0.2, 0) is 16.4 Å². The predicted molar refractivity (Wildman–Crippen MR) is 151 cm³/mol. The van der Waals surface area contributed by atoms with Crippen LogP contribution in [0.5, 0.6) is 0 Å². The van der Waals surface area contributed by atoms with Crippen molar-refractivity contribution in [1.29, 1.82) is 0 Å². The third kappa shape index (κ3) is 5.39. The van der Waals surface area contributed by atoms with Gasteiger partial charge in [-0.25, -0.2) is 12.8 Å². The molecule has 0 radical (unpaired) electrons. The number of rotatable bonds is 5. The van der Waals surface area contributed by atoms with Crippen LogP contribution < -0.4 is 19.8 Å². The van der Waals surface area contributed by atoms with Gasteiger partial charge in [-0.1, -0.05) is 18.2 Å². The summed E-state index contributed by atoms with van der Waals surface area (Å²) in [5.74, 6) is -0.351. The topological polar surface area (TPSA) is 81.8 Å². The lowest BCUT2D eigenvalue weighted by Crippen LogP contribution is -2.54. The van der Waals surface area contributed by atoms with E-state index in [4.69, 9.17) is 0 Å². The van der Waals surface area contributed by atoms with Gasteiger partial charge in [0, 0.05) is 48.7 Å². The molecule has 2 N–H and O–H groups in total. The quantitative estimate of drug-likeness (QED) is 0.500. The van der Waals surface area contributed by atoms with Gasteiger partial charge in [-0.05, 0) is 85.8 Å². The monoisotopic (exact) mass is 536 g/mol. The highest BCUT2D eigenvalue weighted by atomic mass is 32.2. The molecule has 0 saturated carbocycles. The first-order valence-electron chi connectivity index (χ1n) is 12.8. The van der Waals surface area contributed by atoms with Gasteiger partial charge in [0.25, 0.3) is 5.91 Å². The lowest BCUT2D eigenvalue weighted by atomic mass is 9.99. The Kier molecular flexibility index (Phi) is 6.92. The number of nitrogens with one attached hydrogen (secondary N) is 2. The van der Waals surface area contributed by atoms with Crippen LogP contribution in [0.3, 0.4) is 0 Å². The number of halogens is 1. The second-order valence-electron chi connectivity index (χ2n) is 10.5. The summed E-state index contributed by atoms with van der Waals surface area (Å²) in [6.45, 7) is 8.03. The minimum atomic E-state index is -3.35. The molecule has 0 bridgehead atoms. The summed E-state index contributed by atoms with van der Waals surface area (Å²) in [6, 6.07) is 16.7. The Bertz CT molecular complexity index is 1480. The van der Waals surface area contributed by atoms with E-state index in [1.165, 1.54) is 0 Å². The number of aryl methyl sites for hydroxylation is 1. The second-order valence-corrected chi connectivity index (χ2v) is 12.2. The Morgan fingerprint density at radius 1 is 1.00 bits per heavy atom. The molecule has 1 fully saturated rings. The van der Waals surface area contributed by atoms with Gasteiger partial charge >= 0.3 is 0 Å². The predicted octanol–water partition coefficient (Wildman–Crippen LogP) is 4.56. The molecule has 200 valence electrons. The maximum atomic E-state index is 15.1. The van der Waals surface area contributed by atoms with Gasteiger partial charge in [0.15, 0.2) is 0 Å². The van der Waals surface area contributed by atoms with E-state index >= 15 is 4.39 Å². The van der Waals surface area contributed by atoms with E-state index in [9.17, 15) is 13.2 Å². The molecule has 2 heterocycles. The van der Waals surface area contributed by atoms with Crippen LogP contribution in [0.2, 0.25) is 0 Å². The van der Waals surface area contributed by atoms with E-state index in [-0.39, 0.29) is 23.8 Å². The number of sulfonamides is 1. The fourth-order valence-electron chi connectivity index (χ4n) is 5.59. The molecule has 1 amide bonds. The molecule has 9 heteroatoms. The number of amides is 1. The van der Waals surface area contributed by atoms with Crippen molar-refractivity contribution in [3.63, 3.8) is 0 Å². The summed E-state index contributed by atoms with van der Waals surface area (Å²) in [5.41, 5.74) is 6.04.